The molecule has 2 atom stereocenters. The fourth-order valence-corrected chi connectivity index (χ4v) is 5.83. The molecule has 2 aromatic carbocycles. The van der Waals surface area contributed by atoms with Crippen LogP contribution in [0.25, 0.3) is 10.9 Å². The van der Waals surface area contributed by atoms with E-state index in [2.05, 4.69) is 46.0 Å². The number of likely N-dealkylation sites (tertiary alicyclic amines) is 1. The lowest BCUT2D eigenvalue weighted by Gasteiger charge is -2.44. The van der Waals surface area contributed by atoms with E-state index in [1.807, 2.05) is 18.3 Å². The van der Waals surface area contributed by atoms with Gasteiger partial charge in [-0.15, -0.1) is 0 Å². The Labute approximate surface area is 212 Å². The van der Waals surface area contributed by atoms with Crippen molar-refractivity contribution in [2.45, 2.75) is 44.9 Å². The highest BCUT2D eigenvalue weighted by molar-refractivity contribution is 5.85. The molecule has 194 valence electrons. The lowest BCUT2D eigenvalue weighted by Crippen LogP contribution is -2.49. The van der Waals surface area contributed by atoms with E-state index in [-0.39, 0.29) is 24.7 Å². The van der Waals surface area contributed by atoms with Crippen molar-refractivity contribution in [3.05, 3.63) is 59.3 Å². The molecular formula is C29H37F2N3O2. The maximum Gasteiger partial charge on any atom is 0.127 e. The number of ether oxygens (including phenoxy) is 2. The molecule has 1 saturated heterocycles. The third-order valence-corrected chi connectivity index (χ3v) is 7.56. The molecule has 0 saturated carbocycles. The second kappa shape index (κ2) is 10.0. The molecule has 0 radical (unpaired) electrons. The summed E-state index contributed by atoms with van der Waals surface area (Å²) in [5, 5.41) is 1.23. The Morgan fingerprint density at radius 2 is 1.89 bits per heavy atom. The van der Waals surface area contributed by atoms with Crippen molar-refractivity contribution in [3.63, 3.8) is 0 Å². The first-order valence-corrected chi connectivity index (χ1v) is 12.9. The topological polar surface area (TPSA) is 40.7 Å². The van der Waals surface area contributed by atoms with E-state index in [4.69, 9.17) is 9.47 Å². The van der Waals surface area contributed by atoms with Crippen molar-refractivity contribution < 1.29 is 18.3 Å². The van der Waals surface area contributed by atoms with Crippen LogP contribution in [0.2, 0.25) is 0 Å². The normalized spacial score (nSPS) is 21.4. The minimum atomic E-state index is -1.34. The lowest BCUT2D eigenvalue weighted by atomic mass is 9.82. The summed E-state index contributed by atoms with van der Waals surface area (Å²) in [5.41, 5.74) is 3.29. The largest absolute Gasteiger partial charge is 0.496 e. The zero-order valence-electron chi connectivity index (χ0n) is 21.7. The number of methoxy groups -OCH3 is 1. The van der Waals surface area contributed by atoms with E-state index in [0.717, 1.165) is 48.6 Å². The average molecular weight is 498 g/mol. The van der Waals surface area contributed by atoms with Gasteiger partial charge in [-0.25, -0.2) is 4.39 Å². The number of nitrogens with zero attached hydrogens (tertiary/aromatic N) is 2. The Morgan fingerprint density at radius 3 is 2.61 bits per heavy atom. The van der Waals surface area contributed by atoms with Gasteiger partial charge in [-0.1, -0.05) is 6.07 Å². The van der Waals surface area contributed by atoms with Crippen LogP contribution in [0.1, 0.15) is 43.5 Å². The van der Waals surface area contributed by atoms with Crippen LogP contribution in [0.3, 0.4) is 0 Å². The first-order valence-electron chi connectivity index (χ1n) is 12.9. The summed E-state index contributed by atoms with van der Waals surface area (Å²) < 4.78 is 39.6. The summed E-state index contributed by atoms with van der Waals surface area (Å²) in [4.78, 5) is 7.79. The van der Waals surface area contributed by atoms with Crippen LogP contribution in [0.4, 0.5) is 8.78 Å². The van der Waals surface area contributed by atoms with Crippen molar-refractivity contribution in [2.75, 3.05) is 46.6 Å². The number of halogens is 2. The Hall–Kier alpha value is -2.64. The molecule has 1 aromatic heterocycles. The summed E-state index contributed by atoms with van der Waals surface area (Å²) in [6.45, 7) is 8.46. The Bertz CT molecular complexity index is 1200. The van der Waals surface area contributed by atoms with Crippen LogP contribution in [-0.4, -0.2) is 73.1 Å². The highest BCUT2D eigenvalue weighted by Gasteiger charge is 2.38. The first-order chi connectivity index (χ1) is 17.3. The number of fused-ring (bicyclic) bond motifs is 3. The van der Waals surface area contributed by atoms with E-state index in [1.165, 1.54) is 16.5 Å². The van der Waals surface area contributed by atoms with Gasteiger partial charge in [0.25, 0.3) is 0 Å². The minimum absolute atomic E-state index is 0.138. The van der Waals surface area contributed by atoms with Crippen molar-refractivity contribution in [1.29, 1.82) is 0 Å². The second-order valence-corrected chi connectivity index (χ2v) is 11.0. The average Bonchev–Trinajstić information content (AvgIpc) is 3.30. The van der Waals surface area contributed by atoms with Gasteiger partial charge < -0.3 is 14.5 Å². The number of aromatic amines is 1. The molecule has 3 aromatic rings. The molecule has 2 aliphatic heterocycles. The highest BCUT2D eigenvalue weighted by atomic mass is 19.1. The Morgan fingerprint density at radius 1 is 1.11 bits per heavy atom. The van der Waals surface area contributed by atoms with Crippen molar-refractivity contribution in [1.82, 2.24) is 14.8 Å². The molecule has 0 aliphatic carbocycles. The number of rotatable bonds is 9. The SMILES string of the molecule is COc1cc(OCCN2CC(CF)C2)ccc1C1c2ccc3[nH]ccc3c2C[C@@H](C)N1CC(C)(C)F. The minimum Gasteiger partial charge on any atom is -0.496 e. The molecule has 5 rings (SSSR count). The maximum absolute atomic E-state index is 15.0. The van der Waals surface area contributed by atoms with E-state index in [9.17, 15) is 4.39 Å². The second-order valence-electron chi connectivity index (χ2n) is 11.0. The van der Waals surface area contributed by atoms with Crippen LogP contribution in [0, 0.1) is 5.92 Å². The number of benzene rings is 2. The van der Waals surface area contributed by atoms with Crippen LogP contribution < -0.4 is 9.47 Å². The molecule has 2 aliphatic rings. The molecule has 1 N–H and O–H groups in total. The number of nitrogens with one attached hydrogen (secondary N) is 1. The number of H-pyrrole nitrogens is 1. The number of hydrogen-bond donors (Lipinski definition) is 1. The van der Waals surface area contributed by atoms with Gasteiger partial charge in [-0.3, -0.25) is 14.2 Å². The van der Waals surface area contributed by atoms with Gasteiger partial charge in [-0.05, 0) is 62.6 Å². The zero-order valence-corrected chi connectivity index (χ0v) is 21.7. The highest BCUT2D eigenvalue weighted by Crippen LogP contribution is 2.45. The fraction of sp³-hybridized carbons (Fsp3) is 0.517. The molecule has 1 fully saturated rings. The lowest BCUT2D eigenvalue weighted by molar-refractivity contribution is 0.0660. The quantitative estimate of drug-likeness (QED) is 0.421. The zero-order chi connectivity index (χ0) is 25.4. The van der Waals surface area contributed by atoms with Crippen molar-refractivity contribution >= 4 is 10.9 Å². The predicted octanol–water partition coefficient (Wildman–Crippen LogP) is 5.54. The van der Waals surface area contributed by atoms with Gasteiger partial charge >= 0.3 is 0 Å². The van der Waals surface area contributed by atoms with Gasteiger partial charge in [-0.2, -0.15) is 0 Å². The summed E-state index contributed by atoms with van der Waals surface area (Å²) >= 11 is 0. The Balaban J connectivity index is 1.45. The van der Waals surface area contributed by atoms with E-state index in [1.54, 1.807) is 21.0 Å². The first kappa shape index (κ1) is 25.0. The Kier molecular flexibility index (Phi) is 6.97. The van der Waals surface area contributed by atoms with Crippen LogP contribution in [0.5, 0.6) is 11.5 Å². The molecular weight excluding hydrogens is 460 g/mol. The maximum atomic E-state index is 15.0. The summed E-state index contributed by atoms with van der Waals surface area (Å²) in [6, 6.07) is 12.4. The molecule has 0 amide bonds. The van der Waals surface area contributed by atoms with E-state index >= 15 is 4.39 Å². The van der Waals surface area contributed by atoms with Crippen molar-refractivity contribution in [3.8, 4) is 11.5 Å². The molecule has 5 nitrogen and oxygen atoms in total. The fourth-order valence-electron chi connectivity index (χ4n) is 5.83. The number of aromatic nitrogens is 1. The standard InChI is InChI=1S/C29H37F2N3O2/c1-19-13-25-22-9-10-32-26(22)8-7-23(25)28(34(19)18-29(2,3)31)24-6-5-21(14-27(24)35-4)36-12-11-33-16-20(15-30)17-33/h5-10,14,19-20,28,32H,11-13,15-18H2,1-4H3/t19-,28?/m1/s1. The monoisotopic (exact) mass is 497 g/mol. The molecule has 0 spiro atoms. The van der Waals surface area contributed by atoms with Crippen molar-refractivity contribution in [2.24, 2.45) is 5.92 Å². The molecule has 36 heavy (non-hydrogen) atoms. The van der Waals surface area contributed by atoms with Crippen LogP contribution >= 0.6 is 0 Å². The smallest absolute Gasteiger partial charge is 0.127 e. The summed E-state index contributed by atoms with van der Waals surface area (Å²) in [7, 11) is 1.67. The summed E-state index contributed by atoms with van der Waals surface area (Å²) in [6.07, 6.45) is 2.84. The number of hydrogen-bond acceptors (Lipinski definition) is 4. The van der Waals surface area contributed by atoms with E-state index in [0.29, 0.717) is 13.2 Å². The van der Waals surface area contributed by atoms with Gasteiger partial charge in [0.05, 0.1) is 19.8 Å². The van der Waals surface area contributed by atoms with Gasteiger partial charge in [0, 0.05) is 66.9 Å². The summed E-state index contributed by atoms with van der Waals surface area (Å²) in [5.74, 6) is 1.64. The molecule has 0 bridgehead atoms. The molecule has 1 unspecified atom stereocenters. The third kappa shape index (κ3) is 4.96. The molecule has 7 heteroatoms. The van der Waals surface area contributed by atoms with Gasteiger partial charge in [0.1, 0.15) is 23.8 Å². The van der Waals surface area contributed by atoms with E-state index < -0.39 is 5.67 Å². The van der Waals surface area contributed by atoms with Gasteiger partial charge in [0.2, 0.25) is 0 Å². The molecule has 3 heterocycles. The predicted molar refractivity (Wildman–Crippen MR) is 140 cm³/mol. The number of alkyl halides is 2. The third-order valence-electron chi connectivity index (χ3n) is 7.56. The van der Waals surface area contributed by atoms with Crippen LogP contribution in [-0.2, 0) is 6.42 Å². The van der Waals surface area contributed by atoms with Gasteiger partial charge in [0.15, 0.2) is 0 Å². The van der Waals surface area contributed by atoms with Crippen LogP contribution in [0.15, 0.2) is 42.6 Å².